The van der Waals surface area contributed by atoms with E-state index in [2.05, 4.69) is 23.9 Å². The lowest BCUT2D eigenvalue weighted by Gasteiger charge is -2.27. The molecule has 0 spiro atoms. The van der Waals surface area contributed by atoms with E-state index in [1.807, 2.05) is 18.7 Å². The SMILES string of the molecule is Cc1nc(C)c(C(=O)N2C3CCC2Cn2c(nn(CC(C)C)c2=O)C3)s1. The van der Waals surface area contributed by atoms with E-state index in [-0.39, 0.29) is 23.7 Å². The molecule has 2 aromatic heterocycles. The van der Waals surface area contributed by atoms with Gasteiger partial charge in [-0.05, 0) is 32.6 Å². The molecule has 2 aromatic rings. The topological polar surface area (TPSA) is 73.0 Å². The molecule has 2 atom stereocenters. The van der Waals surface area contributed by atoms with Gasteiger partial charge in [-0.2, -0.15) is 5.10 Å². The molecule has 2 aliphatic heterocycles. The average molecular weight is 375 g/mol. The van der Waals surface area contributed by atoms with Crippen LogP contribution in [0.5, 0.6) is 0 Å². The second-order valence-corrected chi connectivity index (χ2v) is 9.04. The minimum atomic E-state index is -0.0431. The van der Waals surface area contributed by atoms with Crippen LogP contribution in [0.2, 0.25) is 0 Å². The van der Waals surface area contributed by atoms with Crippen molar-refractivity contribution >= 4 is 17.2 Å². The smallest absolute Gasteiger partial charge is 0.330 e. The number of hydrogen-bond acceptors (Lipinski definition) is 5. The van der Waals surface area contributed by atoms with Gasteiger partial charge in [0.1, 0.15) is 10.7 Å². The molecule has 26 heavy (non-hydrogen) atoms. The Hall–Kier alpha value is -1.96. The Kier molecular flexibility index (Phi) is 4.25. The average Bonchev–Trinajstić information content (AvgIpc) is 3.14. The van der Waals surface area contributed by atoms with Gasteiger partial charge >= 0.3 is 5.69 Å². The fourth-order valence-electron chi connectivity index (χ4n) is 4.23. The summed E-state index contributed by atoms with van der Waals surface area (Å²) in [6.45, 7) is 9.17. The van der Waals surface area contributed by atoms with Gasteiger partial charge in [-0.1, -0.05) is 13.8 Å². The molecule has 0 aliphatic carbocycles. The maximum Gasteiger partial charge on any atom is 0.345 e. The van der Waals surface area contributed by atoms with E-state index in [4.69, 9.17) is 0 Å². The summed E-state index contributed by atoms with van der Waals surface area (Å²) in [6.07, 6.45) is 2.56. The molecule has 140 valence electrons. The molecule has 1 amide bonds. The van der Waals surface area contributed by atoms with Crippen LogP contribution in [0, 0.1) is 19.8 Å². The molecule has 0 saturated carbocycles. The minimum Gasteiger partial charge on any atom is -0.330 e. The number of fused-ring (bicyclic) bond motifs is 3. The number of hydrogen-bond donors (Lipinski definition) is 0. The molecule has 0 aromatic carbocycles. The monoisotopic (exact) mass is 375 g/mol. The Balaban J connectivity index is 1.65. The third kappa shape index (κ3) is 2.80. The van der Waals surface area contributed by atoms with Gasteiger partial charge in [-0.25, -0.2) is 14.5 Å². The summed E-state index contributed by atoms with van der Waals surface area (Å²) in [5, 5.41) is 5.49. The number of amides is 1. The predicted molar refractivity (Wildman–Crippen MR) is 99.6 cm³/mol. The second kappa shape index (κ2) is 6.33. The van der Waals surface area contributed by atoms with Crippen molar-refractivity contribution in [1.29, 1.82) is 0 Å². The molecular formula is C18H25N5O2S. The van der Waals surface area contributed by atoms with Gasteiger partial charge < -0.3 is 4.90 Å². The molecular weight excluding hydrogens is 350 g/mol. The first kappa shape index (κ1) is 17.5. The zero-order valence-corrected chi connectivity index (χ0v) is 16.5. The summed E-state index contributed by atoms with van der Waals surface area (Å²) in [4.78, 5) is 33.1. The number of carbonyl (C=O) groups excluding carboxylic acids is 1. The quantitative estimate of drug-likeness (QED) is 0.823. The maximum absolute atomic E-state index is 13.2. The first-order valence-corrected chi connectivity index (χ1v) is 10.1. The Morgan fingerprint density at radius 2 is 2.00 bits per heavy atom. The van der Waals surface area contributed by atoms with E-state index in [0.29, 0.717) is 25.4 Å². The van der Waals surface area contributed by atoms with Gasteiger partial charge in [-0.3, -0.25) is 9.36 Å². The lowest BCUT2D eigenvalue weighted by molar-refractivity contribution is 0.0669. The lowest BCUT2D eigenvalue weighted by Crippen LogP contribution is -2.43. The van der Waals surface area contributed by atoms with Crippen LogP contribution in [-0.2, 0) is 19.5 Å². The molecule has 2 unspecified atom stereocenters. The molecule has 4 heterocycles. The maximum atomic E-state index is 13.2. The van der Waals surface area contributed by atoms with Gasteiger partial charge in [0.25, 0.3) is 5.91 Å². The van der Waals surface area contributed by atoms with E-state index >= 15 is 0 Å². The standard InChI is InChI=1S/C18H25N5O2S/c1-10(2)8-22-18(25)21-9-14-6-5-13(7-15(21)20-22)23(14)17(24)16-11(3)19-12(4)26-16/h10,13-14H,5-9H2,1-4H3. The van der Waals surface area contributed by atoms with Crippen LogP contribution in [0.25, 0.3) is 0 Å². The van der Waals surface area contributed by atoms with Crippen molar-refractivity contribution in [3.05, 3.63) is 31.9 Å². The Labute approximate surface area is 156 Å². The number of carbonyl (C=O) groups is 1. The van der Waals surface area contributed by atoms with Crippen molar-refractivity contribution in [2.24, 2.45) is 5.92 Å². The molecule has 0 N–H and O–H groups in total. The van der Waals surface area contributed by atoms with Crippen molar-refractivity contribution in [3.8, 4) is 0 Å². The van der Waals surface area contributed by atoms with Gasteiger partial charge in [0.05, 0.1) is 16.7 Å². The van der Waals surface area contributed by atoms with Crippen LogP contribution in [0.15, 0.2) is 4.79 Å². The third-order valence-electron chi connectivity index (χ3n) is 5.30. The third-order valence-corrected chi connectivity index (χ3v) is 6.36. The van der Waals surface area contributed by atoms with Gasteiger partial charge in [-0.15, -0.1) is 11.3 Å². The summed E-state index contributed by atoms with van der Waals surface area (Å²) < 4.78 is 3.38. The van der Waals surface area contributed by atoms with Crippen LogP contribution in [0.4, 0.5) is 0 Å². The van der Waals surface area contributed by atoms with E-state index in [0.717, 1.165) is 34.2 Å². The zero-order chi connectivity index (χ0) is 18.6. The fourth-order valence-corrected chi connectivity index (χ4v) is 5.09. The summed E-state index contributed by atoms with van der Waals surface area (Å²) in [6, 6.07) is 0.176. The highest BCUT2D eigenvalue weighted by Crippen LogP contribution is 2.33. The van der Waals surface area contributed by atoms with Crippen LogP contribution in [0.3, 0.4) is 0 Å². The van der Waals surface area contributed by atoms with Crippen molar-refractivity contribution in [3.63, 3.8) is 0 Å². The molecule has 4 rings (SSSR count). The summed E-state index contributed by atoms with van der Waals surface area (Å²) >= 11 is 1.46. The van der Waals surface area contributed by atoms with Gasteiger partial charge in [0, 0.05) is 25.6 Å². The number of aryl methyl sites for hydroxylation is 2. The highest BCUT2D eigenvalue weighted by atomic mass is 32.1. The van der Waals surface area contributed by atoms with Crippen LogP contribution >= 0.6 is 11.3 Å². The highest BCUT2D eigenvalue weighted by Gasteiger charge is 2.42. The number of thiazole rings is 1. The van der Waals surface area contributed by atoms with Crippen molar-refractivity contribution in [1.82, 2.24) is 24.2 Å². The van der Waals surface area contributed by atoms with Crippen molar-refractivity contribution < 1.29 is 4.79 Å². The van der Waals surface area contributed by atoms with Gasteiger partial charge in [0.15, 0.2) is 0 Å². The summed E-state index contributed by atoms with van der Waals surface area (Å²) in [5.74, 6) is 1.26. The largest absolute Gasteiger partial charge is 0.345 e. The fraction of sp³-hybridized carbons (Fsp3) is 0.667. The minimum absolute atomic E-state index is 0.0431. The van der Waals surface area contributed by atoms with E-state index in [1.165, 1.54) is 11.3 Å². The van der Waals surface area contributed by atoms with Crippen molar-refractivity contribution in [2.75, 3.05) is 0 Å². The molecule has 2 bridgehead atoms. The van der Waals surface area contributed by atoms with Gasteiger partial charge in [0.2, 0.25) is 0 Å². The second-order valence-electron chi connectivity index (χ2n) is 7.83. The van der Waals surface area contributed by atoms with Crippen LogP contribution in [0.1, 0.15) is 52.9 Å². The van der Waals surface area contributed by atoms with E-state index in [9.17, 15) is 9.59 Å². The highest BCUT2D eigenvalue weighted by molar-refractivity contribution is 7.13. The molecule has 2 aliphatic rings. The number of nitrogens with zero attached hydrogens (tertiary/aromatic N) is 5. The molecule has 7 nitrogen and oxygen atoms in total. The number of aromatic nitrogens is 4. The molecule has 1 saturated heterocycles. The molecule has 0 radical (unpaired) electrons. The van der Waals surface area contributed by atoms with Crippen LogP contribution in [-0.4, -0.2) is 42.2 Å². The van der Waals surface area contributed by atoms with Crippen molar-refractivity contribution in [2.45, 2.75) is 72.1 Å². The Morgan fingerprint density at radius 1 is 1.27 bits per heavy atom. The molecule has 8 heteroatoms. The number of rotatable bonds is 3. The van der Waals surface area contributed by atoms with Crippen LogP contribution < -0.4 is 5.69 Å². The summed E-state index contributed by atoms with van der Waals surface area (Å²) in [5.41, 5.74) is 0.761. The molecule has 1 fully saturated rings. The predicted octanol–water partition coefficient (Wildman–Crippen LogP) is 2.00. The zero-order valence-electron chi connectivity index (χ0n) is 15.7. The Morgan fingerprint density at radius 3 is 2.65 bits per heavy atom. The van der Waals surface area contributed by atoms with E-state index in [1.54, 1.807) is 9.25 Å². The normalized spacial score (nSPS) is 22.0. The first-order chi connectivity index (χ1) is 12.3. The first-order valence-electron chi connectivity index (χ1n) is 9.28. The Bertz CT molecular complexity index is 909. The lowest BCUT2D eigenvalue weighted by atomic mass is 10.1. The summed E-state index contributed by atoms with van der Waals surface area (Å²) in [7, 11) is 0. The van der Waals surface area contributed by atoms with E-state index < -0.39 is 0 Å².